The number of carbonyl (C=O) groups is 1. The summed E-state index contributed by atoms with van der Waals surface area (Å²) >= 11 is 1.29. The number of ether oxygens (including phenoxy) is 2. The summed E-state index contributed by atoms with van der Waals surface area (Å²) in [4.78, 5) is 12.5. The molecule has 0 saturated heterocycles. The molecule has 0 unspecified atom stereocenters. The molecule has 0 spiro atoms. The van der Waals surface area contributed by atoms with Gasteiger partial charge < -0.3 is 9.47 Å². The molecular weight excluding hydrogens is 462 g/mol. The SMILES string of the molecule is COc1ccc(C=NNC(=O)CSc2nnc(-c3ccc(C)cc3)n2-c2ccccc2)c(OC)c1. The Hall–Kier alpha value is -4.11. The molecule has 0 atom stereocenters. The summed E-state index contributed by atoms with van der Waals surface area (Å²) in [5, 5.41) is 13.4. The van der Waals surface area contributed by atoms with Gasteiger partial charge in [-0.1, -0.05) is 59.8 Å². The van der Waals surface area contributed by atoms with Crippen LogP contribution in [-0.2, 0) is 4.79 Å². The standard InChI is InChI=1S/C26H25N5O3S/c1-18-9-11-19(12-10-18)25-29-30-26(31(25)21-7-5-4-6-8-21)35-17-24(32)28-27-16-20-13-14-22(33-2)15-23(20)34-3/h4-16H,17H2,1-3H3,(H,28,32). The van der Waals surface area contributed by atoms with Gasteiger partial charge in [-0.15, -0.1) is 10.2 Å². The van der Waals surface area contributed by atoms with E-state index in [1.165, 1.54) is 23.5 Å². The minimum Gasteiger partial charge on any atom is -0.497 e. The van der Waals surface area contributed by atoms with Crippen LogP contribution in [0.3, 0.4) is 0 Å². The molecule has 0 aliphatic heterocycles. The van der Waals surface area contributed by atoms with Crippen LogP contribution in [0.15, 0.2) is 83.1 Å². The molecule has 178 valence electrons. The molecule has 0 radical (unpaired) electrons. The van der Waals surface area contributed by atoms with E-state index in [-0.39, 0.29) is 11.7 Å². The fraction of sp³-hybridized carbons (Fsp3) is 0.154. The first-order valence-corrected chi connectivity index (χ1v) is 11.8. The Morgan fingerprint density at radius 3 is 2.51 bits per heavy atom. The van der Waals surface area contributed by atoms with Gasteiger partial charge in [-0.2, -0.15) is 5.10 Å². The van der Waals surface area contributed by atoms with E-state index in [2.05, 4.69) is 20.7 Å². The Morgan fingerprint density at radius 2 is 1.80 bits per heavy atom. The molecule has 0 saturated carbocycles. The maximum atomic E-state index is 12.5. The number of nitrogens with zero attached hydrogens (tertiary/aromatic N) is 4. The smallest absolute Gasteiger partial charge is 0.250 e. The van der Waals surface area contributed by atoms with Crippen LogP contribution in [0, 0.1) is 6.92 Å². The number of aromatic nitrogens is 3. The monoisotopic (exact) mass is 487 g/mol. The molecule has 4 aromatic rings. The fourth-order valence-electron chi connectivity index (χ4n) is 3.32. The normalized spacial score (nSPS) is 10.9. The summed E-state index contributed by atoms with van der Waals surface area (Å²) in [6.07, 6.45) is 1.53. The highest BCUT2D eigenvalue weighted by molar-refractivity contribution is 7.99. The highest BCUT2D eigenvalue weighted by Gasteiger charge is 2.17. The van der Waals surface area contributed by atoms with E-state index in [0.29, 0.717) is 28.0 Å². The molecular formula is C26H25N5O3S. The first-order valence-electron chi connectivity index (χ1n) is 10.8. The maximum Gasteiger partial charge on any atom is 0.250 e. The number of nitrogens with one attached hydrogen (secondary N) is 1. The van der Waals surface area contributed by atoms with Crippen molar-refractivity contribution in [3.05, 3.63) is 83.9 Å². The third-order valence-corrected chi connectivity index (χ3v) is 6.05. The lowest BCUT2D eigenvalue weighted by atomic mass is 10.1. The van der Waals surface area contributed by atoms with Gasteiger partial charge in [-0.3, -0.25) is 9.36 Å². The number of benzene rings is 3. The minimum absolute atomic E-state index is 0.121. The van der Waals surface area contributed by atoms with Crippen molar-refractivity contribution in [3.8, 4) is 28.6 Å². The zero-order valence-corrected chi connectivity index (χ0v) is 20.5. The predicted octanol–water partition coefficient (Wildman–Crippen LogP) is 4.50. The fourth-order valence-corrected chi connectivity index (χ4v) is 4.07. The number of amides is 1. The number of rotatable bonds is 9. The van der Waals surface area contributed by atoms with Crippen LogP contribution in [0.2, 0.25) is 0 Å². The average Bonchev–Trinajstić information content (AvgIpc) is 3.32. The van der Waals surface area contributed by atoms with E-state index in [0.717, 1.165) is 11.3 Å². The summed E-state index contributed by atoms with van der Waals surface area (Å²) in [7, 11) is 3.15. The van der Waals surface area contributed by atoms with Crippen LogP contribution < -0.4 is 14.9 Å². The van der Waals surface area contributed by atoms with Crippen LogP contribution in [0.25, 0.3) is 17.1 Å². The van der Waals surface area contributed by atoms with Crippen LogP contribution >= 0.6 is 11.8 Å². The Bertz CT molecular complexity index is 1320. The van der Waals surface area contributed by atoms with Crippen LogP contribution in [-0.4, -0.2) is 46.9 Å². The lowest BCUT2D eigenvalue weighted by Crippen LogP contribution is -2.20. The second kappa shape index (κ2) is 11.3. The van der Waals surface area contributed by atoms with Gasteiger partial charge in [0.2, 0.25) is 0 Å². The van der Waals surface area contributed by atoms with Crippen molar-refractivity contribution in [1.82, 2.24) is 20.2 Å². The zero-order valence-electron chi connectivity index (χ0n) is 19.6. The molecule has 4 rings (SSSR count). The zero-order chi connectivity index (χ0) is 24.6. The van der Waals surface area contributed by atoms with Gasteiger partial charge >= 0.3 is 0 Å². The molecule has 1 heterocycles. The first kappa shape index (κ1) is 24.0. The molecule has 0 aliphatic rings. The third kappa shape index (κ3) is 5.88. The second-order valence-electron chi connectivity index (χ2n) is 7.53. The number of aryl methyl sites for hydroxylation is 1. The highest BCUT2D eigenvalue weighted by atomic mass is 32.2. The van der Waals surface area contributed by atoms with E-state index in [9.17, 15) is 4.79 Å². The lowest BCUT2D eigenvalue weighted by molar-refractivity contribution is -0.118. The molecule has 9 heteroatoms. The average molecular weight is 488 g/mol. The van der Waals surface area contributed by atoms with Gasteiger partial charge in [0, 0.05) is 22.9 Å². The number of hydrogen-bond donors (Lipinski definition) is 1. The predicted molar refractivity (Wildman–Crippen MR) is 138 cm³/mol. The van der Waals surface area contributed by atoms with Crippen molar-refractivity contribution in [2.24, 2.45) is 5.10 Å². The number of thioether (sulfide) groups is 1. The molecule has 3 aromatic carbocycles. The third-order valence-electron chi connectivity index (χ3n) is 5.12. The van der Waals surface area contributed by atoms with E-state index < -0.39 is 0 Å². The number of methoxy groups -OCH3 is 2. The Balaban J connectivity index is 1.47. The molecule has 0 bridgehead atoms. The van der Waals surface area contributed by atoms with Gasteiger partial charge in [0.15, 0.2) is 11.0 Å². The summed E-state index contributed by atoms with van der Waals surface area (Å²) in [6.45, 7) is 2.04. The van der Waals surface area contributed by atoms with E-state index in [1.807, 2.05) is 66.1 Å². The summed E-state index contributed by atoms with van der Waals surface area (Å²) in [6, 6.07) is 23.3. The molecule has 0 aliphatic carbocycles. The highest BCUT2D eigenvalue weighted by Crippen LogP contribution is 2.28. The molecule has 8 nitrogen and oxygen atoms in total. The lowest BCUT2D eigenvalue weighted by Gasteiger charge is -2.10. The van der Waals surface area contributed by atoms with Gasteiger partial charge in [0.1, 0.15) is 11.5 Å². The van der Waals surface area contributed by atoms with Crippen molar-refractivity contribution >= 4 is 23.9 Å². The van der Waals surface area contributed by atoms with Crippen molar-refractivity contribution in [2.75, 3.05) is 20.0 Å². The molecule has 0 fully saturated rings. The van der Waals surface area contributed by atoms with Crippen LogP contribution in [0.4, 0.5) is 0 Å². The molecule has 1 N–H and O–H groups in total. The Morgan fingerprint density at radius 1 is 1.03 bits per heavy atom. The summed E-state index contributed by atoms with van der Waals surface area (Å²) in [5.74, 6) is 1.83. The Labute approximate surface area is 208 Å². The van der Waals surface area contributed by atoms with Crippen LogP contribution in [0.1, 0.15) is 11.1 Å². The van der Waals surface area contributed by atoms with Crippen LogP contribution in [0.5, 0.6) is 11.5 Å². The number of hydrogen-bond acceptors (Lipinski definition) is 7. The molecule has 1 aromatic heterocycles. The van der Waals surface area contributed by atoms with Gasteiger partial charge in [0.05, 0.1) is 26.2 Å². The maximum absolute atomic E-state index is 12.5. The molecule has 1 amide bonds. The Kier molecular flexibility index (Phi) is 7.79. The number of carbonyl (C=O) groups excluding carboxylic acids is 1. The first-order chi connectivity index (χ1) is 17.1. The number of hydrazone groups is 1. The van der Waals surface area contributed by atoms with Crippen molar-refractivity contribution in [3.63, 3.8) is 0 Å². The van der Waals surface area contributed by atoms with Gasteiger partial charge in [0.25, 0.3) is 5.91 Å². The minimum atomic E-state index is -0.266. The summed E-state index contributed by atoms with van der Waals surface area (Å²) in [5.41, 5.74) is 6.29. The van der Waals surface area contributed by atoms with Crippen molar-refractivity contribution in [1.29, 1.82) is 0 Å². The summed E-state index contributed by atoms with van der Waals surface area (Å²) < 4.78 is 12.5. The van der Waals surface area contributed by atoms with Gasteiger partial charge in [-0.05, 0) is 31.2 Å². The van der Waals surface area contributed by atoms with E-state index in [4.69, 9.17) is 9.47 Å². The van der Waals surface area contributed by atoms with Gasteiger partial charge in [-0.25, -0.2) is 5.43 Å². The molecule has 35 heavy (non-hydrogen) atoms. The van der Waals surface area contributed by atoms with E-state index in [1.54, 1.807) is 32.4 Å². The van der Waals surface area contributed by atoms with E-state index >= 15 is 0 Å². The van der Waals surface area contributed by atoms with Crippen molar-refractivity contribution in [2.45, 2.75) is 12.1 Å². The largest absolute Gasteiger partial charge is 0.497 e. The number of para-hydroxylation sites is 1. The quantitative estimate of drug-likeness (QED) is 0.212. The van der Waals surface area contributed by atoms with Crippen molar-refractivity contribution < 1.29 is 14.3 Å². The second-order valence-corrected chi connectivity index (χ2v) is 8.48. The topological polar surface area (TPSA) is 90.6 Å².